The molecule has 0 spiro atoms. The van der Waals surface area contributed by atoms with Crippen molar-refractivity contribution in [2.45, 2.75) is 0 Å². The molecule has 0 unspecified atom stereocenters. The van der Waals surface area contributed by atoms with Crippen LogP contribution >= 0.6 is 0 Å². The summed E-state index contributed by atoms with van der Waals surface area (Å²) >= 11 is 0. The molecule has 0 saturated carbocycles. The van der Waals surface area contributed by atoms with Crippen LogP contribution in [0.2, 0.25) is 0 Å². The second-order valence-electron chi connectivity index (χ2n) is 2.08. The molecule has 0 N–H and O–H groups in total. The number of rotatable bonds is 0. The van der Waals surface area contributed by atoms with Crippen molar-refractivity contribution >= 4 is 17.7 Å². The second-order valence-corrected chi connectivity index (χ2v) is 2.08. The van der Waals surface area contributed by atoms with Gasteiger partial charge in [-0.2, -0.15) is 0 Å². The number of hydrogen-bond donors (Lipinski definition) is 0. The number of nitrogens with zero attached hydrogens (tertiary/aromatic N) is 2. The predicted octanol–water partition coefficient (Wildman–Crippen LogP) is 1.44. The van der Waals surface area contributed by atoms with E-state index in [2.05, 4.69) is 9.97 Å². The molecule has 0 fully saturated rings. The molecule has 12 heavy (non-hydrogen) atoms. The van der Waals surface area contributed by atoms with Crippen molar-refractivity contribution in [1.29, 1.82) is 0 Å². The smallest absolute Gasteiger partial charge is 0.116 e. The Bertz CT molecular complexity index is 297. The molecule has 2 aromatic rings. The van der Waals surface area contributed by atoms with Crippen molar-refractivity contribution in [3.05, 3.63) is 36.8 Å². The van der Waals surface area contributed by atoms with Gasteiger partial charge in [-0.1, -0.05) is 18.2 Å². The number of fused-ring (bicyclic) bond motifs is 1. The lowest BCUT2D eigenvalue weighted by atomic mass is 10.2. The molecule has 1 aromatic heterocycles. The summed E-state index contributed by atoms with van der Waals surface area (Å²) in [5.41, 5.74) is 0.998. The molecular formula is C9H8N2O. The molecule has 1 heterocycles. The second kappa shape index (κ2) is 4.18. The highest BCUT2D eigenvalue weighted by atomic mass is 16.1. The maximum absolute atomic E-state index is 8.00. The first-order valence-electron chi connectivity index (χ1n) is 3.40. The largest absolute Gasteiger partial charge is 0.307 e. The first-order valence-corrected chi connectivity index (χ1v) is 3.40. The van der Waals surface area contributed by atoms with Crippen LogP contribution in [0.1, 0.15) is 0 Å². The van der Waals surface area contributed by atoms with Gasteiger partial charge in [0.05, 0.1) is 5.52 Å². The van der Waals surface area contributed by atoms with Crippen LogP contribution in [0.3, 0.4) is 0 Å². The summed E-state index contributed by atoms with van der Waals surface area (Å²) < 4.78 is 0. The molecule has 3 heteroatoms. The minimum Gasteiger partial charge on any atom is -0.307 e. The zero-order valence-electron chi connectivity index (χ0n) is 6.47. The number of hydrogen-bond acceptors (Lipinski definition) is 3. The summed E-state index contributed by atoms with van der Waals surface area (Å²) in [5, 5.41) is 1.09. The van der Waals surface area contributed by atoms with E-state index in [0.717, 1.165) is 10.9 Å². The molecule has 0 bridgehead atoms. The number of aromatic nitrogens is 2. The highest BCUT2D eigenvalue weighted by Gasteiger charge is 1.87. The Balaban J connectivity index is 0.000000336. The van der Waals surface area contributed by atoms with E-state index in [1.807, 2.05) is 37.3 Å². The molecule has 0 saturated heterocycles. The quantitative estimate of drug-likeness (QED) is 0.585. The molecule has 0 amide bonds. The van der Waals surface area contributed by atoms with Crippen molar-refractivity contribution in [1.82, 2.24) is 9.97 Å². The van der Waals surface area contributed by atoms with Crippen molar-refractivity contribution < 1.29 is 4.79 Å². The Kier molecular flexibility index (Phi) is 2.90. The third kappa shape index (κ3) is 1.63. The predicted molar refractivity (Wildman–Crippen MR) is 46.7 cm³/mol. The zero-order valence-corrected chi connectivity index (χ0v) is 6.47. The fraction of sp³-hybridized carbons (Fsp3) is 0. The molecule has 0 aliphatic carbocycles. The van der Waals surface area contributed by atoms with Crippen molar-refractivity contribution in [3.63, 3.8) is 0 Å². The third-order valence-electron chi connectivity index (χ3n) is 1.41. The summed E-state index contributed by atoms with van der Waals surface area (Å²) in [6.07, 6.45) is 3.37. The van der Waals surface area contributed by atoms with E-state index in [1.165, 1.54) is 0 Å². The average molecular weight is 160 g/mol. The molecule has 0 aliphatic rings. The lowest BCUT2D eigenvalue weighted by Gasteiger charge is -1.90. The van der Waals surface area contributed by atoms with Gasteiger partial charge in [-0.15, -0.1) is 0 Å². The first kappa shape index (κ1) is 8.33. The standard InChI is InChI=1S/C8H6N2.CH2O/c1-2-4-8-7(3-1)5-9-6-10-8;1-2/h1-6H;1H2. The lowest BCUT2D eigenvalue weighted by molar-refractivity contribution is -0.0979. The Morgan fingerprint density at radius 1 is 1.17 bits per heavy atom. The Morgan fingerprint density at radius 2 is 1.92 bits per heavy atom. The minimum absolute atomic E-state index is 0.998. The number of para-hydroxylation sites is 1. The summed E-state index contributed by atoms with van der Waals surface area (Å²) in [5.74, 6) is 0. The molecule has 0 radical (unpaired) electrons. The molecule has 2 rings (SSSR count). The topological polar surface area (TPSA) is 42.9 Å². The van der Waals surface area contributed by atoms with Crippen LogP contribution in [0, 0.1) is 0 Å². The van der Waals surface area contributed by atoms with Gasteiger partial charge in [0.15, 0.2) is 0 Å². The fourth-order valence-corrected chi connectivity index (χ4v) is 0.923. The van der Waals surface area contributed by atoms with Crippen LogP contribution in [0.25, 0.3) is 10.9 Å². The monoisotopic (exact) mass is 160 g/mol. The molecular weight excluding hydrogens is 152 g/mol. The van der Waals surface area contributed by atoms with Crippen LogP contribution in [-0.2, 0) is 4.79 Å². The average Bonchev–Trinajstić information content (AvgIpc) is 2.21. The van der Waals surface area contributed by atoms with Crippen LogP contribution in [0.5, 0.6) is 0 Å². The van der Waals surface area contributed by atoms with E-state index >= 15 is 0 Å². The third-order valence-corrected chi connectivity index (χ3v) is 1.41. The van der Waals surface area contributed by atoms with E-state index in [0.29, 0.717) is 0 Å². The van der Waals surface area contributed by atoms with Gasteiger partial charge in [0, 0.05) is 11.6 Å². The van der Waals surface area contributed by atoms with Gasteiger partial charge in [0.25, 0.3) is 0 Å². The van der Waals surface area contributed by atoms with E-state index in [4.69, 9.17) is 4.79 Å². The Morgan fingerprint density at radius 3 is 2.67 bits per heavy atom. The Hall–Kier alpha value is -1.77. The van der Waals surface area contributed by atoms with E-state index in [-0.39, 0.29) is 0 Å². The van der Waals surface area contributed by atoms with Gasteiger partial charge in [0.2, 0.25) is 0 Å². The highest BCUT2D eigenvalue weighted by Crippen LogP contribution is 2.06. The van der Waals surface area contributed by atoms with Crippen LogP contribution in [0.4, 0.5) is 0 Å². The highest BCUT2D eigenvalue weighted by molar-refractivity contribution is 5.76. The van der Waals surface area contributed by atoms with Gasteiger partial charge < -0.3 is 4.79 Å². The van der Waals surface area contributed by atoms with Crippen molar-refractivity contribution in [3.8, 4) is 0 Å². The molecule has 0 atom stereocenters. The number of carbonyl (C=O) groups is 1. The minimum atomic E-state index is 0.998. The molecule has 1 aromatic carbocycles. The summed E-state index contributed by atoms with van der Waals surface area (Å²) in [4.78, 5) is 16.0. The van der Waals surface area contributed by atoms with Crippen LogP contribution in [-0.4, -0.2) is 16.8 Å². The number of benzene rings is 1. The van der Waals surface area contributed by atoms with Crippen LogP contribution in [0.15, 0.2) is 36.8 Å². The zero-order chi connectivity index (χ0) is 8.81. The number of carbonyl (C=O) groups excluding carboxylic acids is 1. The van der Waals surface area contributed by atoms with Crippen molar-refractivity contribution in [2.75, 3.05) is 0 Å². The van der Waals surface area contributed by atoms with E-state index in [9.17, 15) is 0 Å². The molecule has 3 nitrogen and oxygen atoms in total. The lowest BCUT2D eigenvalue weighted by Crippen LogP contribution is -1.77. The van der Waals surface area contributed by atoms with E-state index in [1.54, 1.807) is 6.33 Å². The van der Waals surface area contributed by atoms with E-state index < -0.39 is 0 Å². The molecule has 0 aliphatic heterocycles. The van der Waals surface area contributed by atoms with Gasteiger partial charge >= 0.3 is 0 Å². The maximum Gasteiger partial charge on any atom is 0.116 e. The maximum atomic E-state index is 8.00. The normalized spacial score (nSPS) is 8.67. The SMILES string of the molecule is C=O.c1ccc2ncncc2c1. The molecule has 60 valence electrons. The summed E-state index contributed by atoms with van der Waals surface area (Å²) in [7, 11) is 0. The Labute approximate surface area is 70.1 Å². The summed E-state index contributed by atoms with van der Waals surface area (Å²) in [6, 6.07) is 7.91. The van der Waals surface area contributed by atoms with Gasteiger partial charge in [-0.3, -0.25) is 0 Å². The van der Waals surface area contributed by atoms with Gasteiger partial charge in [0.1, 0.15) is 13.1 Å². The van der Waals surface area contributed by atoms with Crippen molar-refractivity contribution in [2.24, 2.45) is 0 Å². The van der Waals surface area contributed by atoms with Gasteiger partial charge in [-0.25, -0.2) is 9.97 Å². The fourth-order valence-electron chi connectivity index (χ4n) is 0.923. The van der Waals surface area contributed by atoms with Gasteiger partial charge in [-0.05, 0) is 6.07 Å². The first-order chi connectivity index (χ1) is 5.97. The summed E-state index contributed by atoms with van der Waals surface area (Å²) in [6.45, 7) is 2.00. The van der Waals surface area contributed by atoms with Crippen LogP contribution < -0.4 is 0 Å².